The fourth-order valence-electron chi connectivity index (χ4n) is 1.88. The molecule has 1 aromatic carbocycles. The van der Waals surface area contributed by atoms with Crippen molar-refractivity contribution in [1.29, 1.82) is 0 Å². The molecule has 1 aromatic heterocycles. The number of nitrogens with zero attached hydrogens (tertiary/aromatic N) is 1. The number of pyridine rings is 1. The monoisotopic (exact) mass is 313 g/mol. The van der Waals surface area contributed by atoms with Crippen molar-refractivity contribution in [2.45, 2.75) is 12.8 Å². The number of unbranched alkanes of at least 4 members (excludes halogenated alkanes) is 1. The smallest absolute Gasteiger partial charge is 0.232 e. The van der Waals surface area contributed by atoms with Gasteiger partial charge < -0.3 is 5.73 Å². The highest BCUT2D eigenvalue weighted by molar-refractivity contribution is 7.92. The summed E-state index contributed by atoms with van der Waals surface area (Å²) in [6, 6.07) is 6.84. The Hall–Kier alpha value is -1.37. The fourth-order valence-corrected chi connectivity index (χ4v) is 3.28. The number of halogens is 1. The normalized spacial score (nSPS) is 11.7. The number of nitrogens with one attached hydrogen (secondary N) is 1. The van der Waals surface area contributed by atoms with E-state index in [2.05, 4.69) is 9.71 Å². The summed E-state index contributed by atoms with van der Waals surface area (Å²) in [5.74, 6) is 0.0428. The van der Waals surface area contributed by atoms with E-state index in [-0.39, 0.29) is 5.75 Å². The molecule has 2 rings (SSSR count). The van der Waals surface area contributed by atoms with Crippen molar-refractivity contribution in [3.8, 4) is 0 Å². The van der Waals surface area contributed by atoms with E-state index in [0.717, 1.165) is 5.39 Å². The molecule has 0 aliphatic heterocycles. The Labute approximate surface area is 123 Å². The minimum absolute atomic E-state index is 0.0428. The average molecular weight is 314 g/mol. The molecule has 1 heterocycles. The molecule has 0 aliphatic rings. The molecule has 108 valence electrons. The number of anilines is 1. The molecule has 0 spiro atoms. The summed E-state index contributed by atoms with van der Waals surface area (Å²) in [7, 11) is -3.40. The maximum atomic E-state index is 12.0. The summed E-state index contributed by atoms with van der Waals surface area (Å²) in [6.45, 7) is 0.487. The first-order chi connectivity index (χ1) is 9.53. The Morgan fingerprint density at radius 3 is 2.80 bits per heavy atom. The van der Waals surface area contributed by atoms with Crippen LogP contribution in [0.15, 0.2) is 30.5 Å². The second-order valence-corrected chi connectivity index (χ2v) is 6.66. The van der Waals surface area contributed by atoms with Crippen LogP contribution in [-0.2, 0) is 10.0 Å². The molecule has 0 atom stereocenters. The summed E-state index contributed by atoms with van der Waals surface area (Å²) in [5, 5.41) is 1.26. The molecular weight excluding hydrogens is 298 g/mol. The highest BCUT2D eigenvalue weighted by Gasteiger charge is 2.13. The Balaban J connectivity index is 2.28. The summed E-state index contributed by atoms with van der Waals surface area (Å²) in [4.78, 5) is 4.19. The fraction of sp³-hybridized carbons (Fsp3) is 0.308. The van der Waals surface area contributed by atoms with Gasteiger partial charge in [-0.25, -0.2) is 8.42 Å². The maximum Gasteiger partial charge on any atom is 0.232 e. The highest BCUT2D eigenvalue weighted by atomic mass is 35.5. The number of aromatic nitrogens is 1. The van der Waals surface area contributed by atoms with Crippen LogP contribution in [-0.4, -0.2) is 25.7 Å². The number of benzene rings is 1. The molecule has 0 fully saturated rings. The van der Waals surface area contributed by atoms with Gasteiger partial charge in [0.1, 0.15) is 0 Å². The van der Waals surface area contributed by atoms with Crippen molar-refractivity contribution >= 4 is 38.2 Å². The van der Waals surface area contributed by atoms with Gasteiger partial charge in [-0.2, -0.15) is 0 Å². The van der Waals surface area contributed by atoms with Gasteiger partial charge in [0, 0.05) is 11.6 Å². The zero-order valence-corrected chi connectivity index (χ0v) is 12.4. The van der Waals surface area contributed by atoms with Gasteiger partial charge in [-0.1, -0.05) is 11.6 Å². The van der Waals surface area contributed by atoms with Gasteiger partial charge >= 0.3 is 0 Å². The van der Waals surface area contributed by atoms with Gasteiger partial charge in [0.15, 0.2) is 0 Å². The van der Waals surface area contributed by atoms with Gasteiger partial charge in [-0.15, -0.1) is 0 Å². The second-order valence-electron chi connectivity index (χ2n) is 4.41. The maximum absolute atomic E-state index is 12.0. The van der Waals surface area contributed by atoms with Crippen molar-refractivity contribution in [1.82, 2.24) is 4.98 Å². The molecule has 5 nitrogen and oxygen atoms in total. The summed E-state index contributed by atoms with van der Waals surface area (Å²) in [6.07, 6.45) is 2.82. The Morgan fingerprint density at radius 2 is 2.05 bits per heavy atom. The second kappa shape index (κ2) is 6.39. The molecule has 3 N–H and O–H groups in total. The summed E-state index contributed by atoms with van der Waals surface area (Å²) >= 11 is 6.07. The van der Waals surface area contributed by atoms with Crippen molar-refractivity contribution in [3.05, 3.63) is 35.5 Å². The number of nitrogens with two attached hydrogens (primary N) is 1. The van der Waals surface area contributed by atoms with E-state index in [1.165, 1.54) is 0 Å². The zero-order chi connectivity index (χ0) is 14.6. The van der Waals surface area contributed by atoms with E-state index in [9.17, 15) is 8.42 Å². The van der Waals surface area contributed by atoms with Gasteiger partial charge in [-0.05, 0) is 43.7 Å². The van der Waals surface area contributed by atoms with E-state index >= 15 is 0 Å². The molecule has 0 aliphatic carbocycles. The number of fused-ring (bicyclic) bond motifs is 1. The molecule has 7 heteroatoms. The summed E-state index contributed by atoms with van der Waals surface area (Å²) in [5.41, 5.74) is 6.35. The Kier molecular flexibility index (Phi) is 4.80. The largest absolute Gasteiger partial charge is 0.330 e. The minimum Gasteiger partial charge on any atom is -0.330 e. The first kappa shape index (κ1) is 15.0. The molecule has 0 unspecified atom stereocenters. The van der Waals surface area contributed by atoms with E-state index in [4.69, 9.17) is 17.3 Å². The first-order valence-electron chi connectivity index (χ1n) is 6.27. The molecule has 20 heavy (non-hydrogen) atoms. The van der Waals surface area contributed by atoms with Crippen LogP contribution in [0.1, 0.15) is 12.8 Å². The van der Waals surface area contributed by atoms with Crippen molar-refractivity contribution in [3.63, 3.8) is 0 Å². The highest BCUT2D eigenvalue weighted by Crippen LogP contribution is 2.28. The molecule has 2 aromatic rings. The number of sulfonamides is 1. The van der Waals surface area contributed by atoms with Crippen LogP contribution in [0.5, 0.6) is 0 Å². The van der Waals surface area contributed by atoms with Gasteiger partial charge in [-0.3, -0.25) is 9.71 Å². The van der Waals surface area contributed by atoms with Crippen LogP contribution in [0.3, 0.4) is 0 Å². The molecule has 0 bridgehead atoms. The van der Waals surface area contributed by atoms with Crippen LogP contribution in [0.4, 0.5) is 5.69 Å². The summed E-state index contributed by atoms with van der Waals surface area (Å²) < 4.78 is 26.5. The molecular formula is C13H16ClN3O2S. The first-order valence-corrected chi connectivity index (χ1v) is 8.30. The lowest BCUT2D eigenvalue weighted by Crippen LogP contribution is -2.17. The van der Waals surface area contributed by atoms with Crippen LogP contribution in [0.25, 0.3) is 10.9 Å². The van der Waals surface area contributed by atoms with Gasteiger partial charge in [0.25, 0.3) is 0 Å². The lowest BCUT2D eigenvalue weighted by molar-refractivity contribution is 0.597. The average Bonchev–Trinajstić information content (AvgIpc) is 2.42. The third kappa shape index (κ3) is 3.59. The van der Waals surface area contributed by atoms with Gasteiger partial charge in [0.05, 0.1) is 22.0 Å². The SMILES string of the molecule is NCCCCS(=O)(=O)Nc1ccc(Cl)c2cccnc12. The van der Waals surface area contributed by atoms with Crippen LogP contribution in [0, 0.1) is 0 Å². The van der Waals surface area contributed by atoms with E-state index < -0.39 is 10.0 Å². The van der Waals surface area contributed by atoms with E-state index in [1.807, 2.05) is 0 Å². The van der Waals surface area contributed by atoms with Crippen molar-refractivity contribution in [2.24, 2.45) is 5.73 Å². The van der Waals surface area contributed by atoms with Crippen molar-refractivity contribution in [2.75, 3.05) is 17.0 Å². The van der Waals surface area contributed by atoms with Gasteiger partial charge in [0.2, 0.25) is 10.0 Å². The van der Waals surface area contributed by atoms with E-state index in [1.54, 1.807) is 30.5 Å². The predicted molar refractivity (Wildman–Crippen MR) is 82.5 cm³/mol. The molecule has 0 radical (unpaired) electrons. The third-order valence-electron chi connectivity index (χ3n) is 2.85. The molecule has 0 saturated heterocycles. The Morgan fingerprint density at radius 1 is 1.25 bits per heavy atom. The number of hydrogen-bond acceptors (Lipinski definition) is 4. The third-order valence-corrected chi connectivity index (χ3v) is 4.54. The van der Waals surface area contributed by atoms with E-state index in [0.29, 0.717) is 35.6 Å². The van der Waals surface area contributed by atoms with Crippen LogP contribution in [0.2, 0.25) is 5.02 Å². The van der Waals surface area contributed by atoms with Crippen LogP contribution < -0.4 is 10.5 Å². The number of rotatable bonds is 6. The minimum atomic E-state index is -3.40. The topological polar surface area (TPSA) is 85.1 Å². The lowest BCUT2D eigenvalue weighted by Gasteiger charge is -2.10. The molecule has 0 saturated carbocycles. The predicted octanol–water partition coefficient (Wildman–Crippen LogP) is 2.37. The number of hydrogen-bond donors (Lipinski definition) is 2. The quantitative estimate of drug-likeness (QED) is 0.802. The lowest BCUT2D eigenvalue weighted by atomic mass is 10.2. The Bertz CT molecular complexity index is 704. The molecule has 0 amide bonds. The van der Waals surface area contributed by atoms with Crippen molar-refractivity contribution < 1.29 is 8.42 Å². The van der Waals surface area contributed by atoms with Crippen LogP contribution >= 0.6 is 11.6 Å². The zero-order valence-electron chi connectivity index (χ0n) is 10.8. The standard InChI is InChI=1S/C13H16ClN3O2S/c14-11-5-6-12(13-10(11)4-3-8-16-13)17-20(18,19)9-2-1-7-15/h3-6,8,17H,1-2,7,9,15H2.